The van der Waals surface area contributed by atoms with Crippen LogP contribution in [0.2, 0.25) is 5.02 Å². The normalized spacial score (nSPS) is 11.3. The summed E-state index contributed by atoms with van der Waals surface area (Å²) in [5, 5.41) is 10.7. The van der Waals surface area contributed by atoms with Gasteiger partial charge in [0.15, 0.2) is 0 Å². The average molecular weight is 376 g/mol. The van der Waals surface area contributed by atoms with E-state index in [-0.39, 0.29) is 5.56 Å². The average Bonchev–Trinajstić information content (AvgIpc) is 3.15. The lowest BCUT2D eigenvalue weighted by molar-refractivity contribution is 0.0699. The number of halogens is 1. The van der Waals surface area contributed by atoms with Crippen molar-refractivity contribution < 1.29 is 14.3 Å². The van der Waals surface area contributed by atoms with Crippen molar-refractivity contribution in [3.63, 3.8) is 0 Å². The van der Waals surface area contributed by atoms with E-state index >= 15 is 0 Å². The zero-order valence-electron chi connectivity index (χ0n) is 14.1. The number of carbonyl (C=O) groups is 1. The number of benzene rings is 2. The fraction of sp³-hybridized carbons (Fsp3) is 0. The van der Waals surface area contributed by atoms with Crippen LogP contribution < -0.4 is 0 Å². The van der Waals surface area contributed by atoms with Crippen LogP contribution in [0, 0.1) is 0 Å². The van der Waals surface area contributed by atoms with E-state index in [0.29, 0.717) is 33.1 Å². The Balaban J connectivity index is 1.66. The summed E-state index contributed by atoms with van der Waals surface area (Å²) in [4.78, 5) is 16.0. The number of carboxylic acid groups (broad SMARTS) is 1. The summed E-state index contributed by atoms with van der Waals surface area (Å²) in [6.45, 7) is 0. The number of carboxylic acids is 1. The zero-order chi connectivity index (χ0) is 18.8. The molecule has 2 aromatic heterocycles. The molecular weight excluding hydrogens is 362 g/mol. The summed E-state index contributed by atoms with van der Waals surface area (Å²) < 4.78 is 5.82. The first kappa shape index (κ1) is 17.1. The molecule has 4 aromatic rings. The molecule has 132 valence electrons. The van der Waals surface area contributed by atoms with Gasteiger partial charge in [0, 0.05) is 16.0 Å². The van der Waals surface area contributed by atoms with Crippen LogP contribution in [-0.2, 0) is 0 Å². The summed E-state index contributed by atoms with van der Waals surface area (Å²) in [6.07, 6.45) is 3.50. The van der Waals surface area contributed by atoms with Crippen LogP contribution in [-0.4, -0.2) is 16.1 Å². The van der Waals surface area contributed by atoms with Gasteiger partial charge in [0.25, 0.3) is 0 Å². The molecule has 4 rings (SSSR count). The quantitative estimate of drug-likeness (QED) is 0.474. The van der Waals surface area contributed by atoms with Crippen molar-refractivity contribution >= 4 is 40.6 Å². The van der Waals surface area contributed by atoms with Gasteiger partial charge < -0.3 is 9.52 Å². The lowest BCUT2D eigenvalue weighted by Crippen LogP contribution is -2.00. The molecule has 27 heavy (non-hydrogen) atoms. The van der Waals surface area contributed by atoms with E-state index in [1.54, 1.807) is 42.5 Å². The highest BCUT2D eigenvalue weighted by atomic mass is 35.5. The van der Waals surface area contributed by atoms with E-state index in [4.69, 9.17) is 16.0 Å². The van der Waals surface area contributed by atoms with Gasteiger partial charge in [-0.25, -0.2) is 9.78 Å². The number of aromatic carboxylic acids is 1. The molecule has 0 aliphatic carbocycles. The molecule has 2 heterocycles. The maximum atomic E-state index is 11.5. The Morgan fingerprint density at radius 2 is 1.85 bits per heavy atom. The Kier molecular flexibility index (Phi) is 4.48. The first-order valence-electron chi connectivity index (χ1n) is 8.27. The van der Waals surface area contributed by atoms with Gasteiger partial charge in [0.1, 0.15) is 11.5 Å². The smallest absolute Gasteiger partial charge is 0.336 e. The van der Waals surface area contributed by atoms with Gasteiger partial charge in [0.2, 0.25) is 0 Å². The molecule has 1 N–H and O–H groups in total. The molecule has 0 saturated heterocycles. The predicted molar refractivity (Wildman–Crippen MR) is 107 cm³/mol. The van der Waals surface area contributed by atoms with Gasteiger partial charge in [-0.2, -0.15) is 0 Å². The maximum absolute atomic E-state index is 11.5. The van der Waals surface area contributed by atoms with Crippen LogP contribution in [0.1, 0.15) is 21.8 Å². The summed E-state index contributed by atoms with van der Waals surface area (Å²) in [6, 6.07) is 19.9. The zero-order valence-corrected chi connectivity index (χ0v) is 14.9. The molecule has 0 amide bonds. The molecule has 5 heteroatoms. The number of furan rings is 1. The number of hydrogen-bond acceptors (Lipinski definition) is 3. The molecule has 0 radical (unpaired) electrons. The summed E-state index contributed by atoms with van der Waals surface area (Å²) in [7, 11) is 0. The van der Waals surface area contributed by atoms with Crippen LogP contribution in [0.15, 0.2) is 71.1 Å². The standard InChI is InChI=1S/C22H14ClNO3/c23-15-5-3-4-14(12-15)21-11-10-17(27-21)9-8-16-13-19(22(25)26)18-6-1-2-7-20(18)24-16/h1-13H,(H,25,26). The van der Waals surface area contributed by atoms with Crippen molar-refractivity contribution in [1.29, 1.82) is 0 Å². The van der Waals surface area contributed by atoms with Gasteiger partial charge in [-0.3, -0.25) is 0 Å². The molecule has 0 bridgehead atoms. The molecule has 0 unspecified atom stereocenters. The van der Waals surface area contributed by atoms with Gasteiger partial charge in [-0.05, 0) is 48.6 Å². The van der Waals surface area contributed by atoms with Gasteiger partial charge in [-0.1, -0.05) is 41.9 Å². The number of nitrogens with zero attached hydrogens (tertiary/aromatic N) is 1. The number of aromatic nitrogens is 1. The number of para-hydroxylation sites is 1. The van der Waals surface area contributed by atoms with Crippen LogP contribution >= 0.6 is 11.6 Å². The Bertz CT molecular complexity index is 1180. The van der Waals surface area contributed by atoms with Crippen molar-refractivity contribution in [2.45, 2.75) is 0 Å². The van der Waals surface area contributed by atoms with Crippen molar-refractivity contribution in [3.8, 4) is 11.3 Å². The predicted octanol–water partition coefficient (Wildman–Crippen LogP) is 6.02. The fourth-order valence-corrected chi connectivity index (χ4v) is 3.06. The Hall–Kier alpha value is -3.37. The third kappa shape index (κ3) is 3.61. The minimum Gasteiger partial charge on any atom is -0.478 e. The van der Waals surface area contributed by atoms with E-state index in [1.807, 2.05) is 36.4 Å². The maximum Gasteiger partial charge on any atom is 0.336 e. The Labute approximate surface area is 160 Å². The summed E-state index contributed by atoms with van der Waals surface area (Å²) in [5.41, 5.74) is 2.29. The first-order chi connectivity index (χ1) is 13.1. The Morgan fingerprint density at radius 3 is 2.67 bits per heavy atom. The van der Waals surface area contributed by atoms with Gasteiger partial charge in [0.05, 0.1) is 16.8 Å². The molecule has 0 aliphatic rings. The number of hydrogen-bond donors (Lipinski definition) is 1. The van der Waals surface area contributed by atoms with E-state index in [1.165, 1.54) is 0 Å². The second-order valence-electron chi connectivity index (χ2n) is 5.96. The SMILES string of the molecule is O=C(O)c1cc(C=Cc2ccc(-c3cccc(Cl)c3)o2)nc2ccccc12. The molecule has 2 aromatic carbocycles. The molecule has 0 spiro atoms. The van der Waals surface area contributed by atoms with Crippen molar-refractivity contribution in [2.24, 2.45) is 0 Å². The minimum absolute atomic E-state index is 0.222. The number of rotatable bonds is 4. The molecule has 0 saturated carbocycles. The highest BCUT2D eigenvalue weighted by Gasteiger charge is 2.10. The lowest BCUT2D eigenvalue weighted by atomic mass is 10.1. The van der Waals surface area contributed by atoms with Crippen LogP contribution in [0.4, 0.5) is 0 Å². The summed E-state index contributed by atoms with van der Waals surface area (Å²) >= 11 is 6.02. The second kappa shape index (κ2) is 7.09. The second-order valence-corrected chi connectivity index (χ2v) is 6.40. The van der Waals surface area contributed by atoms with Crippen LogP contribution in [0.5, 0.6) is 0 Å². The van der Waals surface area contributed by atoms with Gasteiger partial charge in [-0.15, -0.1) is 0 Å². The van der Waals surface area contributed by atoms with E-state index in [2.05, 4.69) is 4.98 Å². The molecule has 4 nitrogen and oxygen atoms in total. The van der Waals surface area contributed by atoms with Crippen molar-refractivity contribution in [1.82, 2.24) is 4.98 Å². The third-order valence-corrected chi connectivity index (χ3v) is 4.36. The molecular formula is C22H14ClNO3. The van der Waals surface area contributed by atoms with E-state index in [9.17, 15) is 9.90 Å². The number of fused-ring (bicyclic) bond motifs is 1. The number of pyridine rings is 1. The fourth-order valence-electron chi connectivity index (χ4n) is 2.87. The van der Waals surface area contributed by atoms with Gasteiger partial charge >= 0.3 is 5.97 Å². The molecule has 0 atom stereocenters. The van der Waals surface area contributed by atoms with E-state index in [0.717, 1.165) is 5.56 Å². The monoisotopic (exact) mass is 375 g/mol. The van der Waals surface area contributed by atoms with Crippen molar-refractivity contribution in [3.05, 3.63) is 88.8 Å². The van der Waals surface area contributed by atoms with Crippen LogP contribution in [0.3, 0.4) is 0 Å². The Morgan fingerprint density at radius 1 is 1.00 bits per heavy atom. The minimum atomic E-state index is -0.982. The highest BCUT2D eigenvalue weighted by Crippen LogP contribution is 2.26. The van der Waals surface area contributed by atoms with E-state index < -0.39 is 5.97 Å². The third-order valence-electron chi connectivity index (χ3n) is 4.12. The summed E-state index contributed by atoms with van der Waals surface area (Å²) in [5.74, 6) is 0.358. The molecule has 0 aliphatic heterocycles. The topological polar surface area (TPSA) is 63.3 Å². The first-order valence-corrected chi connectivity index (χ1v) is 8.65. The largest absolute Gasteiger partial charge is 0.478 e. The molecule has 0 fully saturated rings. The highest BCUT2D eigenvalue weighted by molar-refractivity contribution is 6.30. The van der Waals surface area contributed by atoms with Crippen LogP contribution in [0.25, 0.3) is 34.4 Å². The van der Waals surface area contributed by atoms with Crippen molar-refractivity contribution in [2.75, 3.05) is 0 Å². The lowest BCUT2D eigenvalue weighted by Gasteiger charge is -2.03.